The van der Waals surface area contributed by atoms with Crippen molar-refractivity contribution >= 4 is 11.8 Å². The van der Waals surface area contributed by atoms with Crippen LogP contribution in [0.15, 0.2) is 18.2 Å². The lowest BCUT2D eigenvalue weighted by Crippen LogP contribution is -2.50. The van der Waals surface area contributed by atoms with E-state index in [0.29, 0.717) is 26.2 Å². The number of piperazine rings is 1. The van der Waals surface area contributed by atoms with E-state index in [-0.39, 0.29) is 11.5 Å². The fourth-order valence-electron chi connectivity index (χ4n) is 2.08. The molecule has 0 radical (unpaired) electrons. The van der Waals surface area contributed by atoms with E-state index in [9.17, 15) is 18.4 Å². The maximum atomic E-state index is 13.1. The number of rotatable bonds is 1. The molecule has 1 aromatic rings. The molecule has 0 saturated carbocycles. The molecule has 6 heteroatoms. The zero-order valence-electron chi connectivity index (χ0n) is 10.5. The van der Waals surface area contributed by atoms with Gasteiger partial charge in [-0.3, -0.25) is 9.59 Å². The summed E-state index contributed by atoms with van der Waals surface area (Å²) in [5.74, 6) is -2.00. The second-order valence-electron chi connectivity index (χ2n) is 4.46. The van der Waals surface area contributed by atoms with Gasteiger partial charge in [-0.05, 0) is 12.1 Å². The Hall–Kier alpha value is -1.98. The van der Waals surface area contributed by atoms with Crippen LogP contribution in [-0.2, 0) is 4.79 Å². The number of hydrogen-bond donors (Lipinski definition) is 0. The molecule has 1 heterocycles. The van der Waals surface area contributed by atoms with Crippen LogP contribution < -0.4 is 0 Å². The number of halogens is 2. The minimum Gasteiger partial charge on any atom is -0.339 e. The van der Waals surface area contributed by atoms with E-state index in [2.05, 4.69) is 0 Å². The lowest BCUT2D eigenvalue weighted by molar-refractivity contribution is -0.130. The number of nitrogens with zero attached hydrogens (tertiary/aromatic N) is 2. The fourth-order valence-corrected chi connectivity index (χ4v) is 2.08. The first-order valence-electron chi connectivity index (χ1n) is 5.98. The Morgan fingerprint density at radius 2 is 1.42 bits per heavy atom. The third kappa shape index (κ3) is 3.07. The van der Waals surface area contributed by atoms with Gasteiger partial charge in [0.2, 0.25) is 5.91 Å². The fraction of sp³-hybridized carbons (Fsp3) is 0.385. The SMILES string of the molecule is CC(=O)N1CCN(C(=O)c2cc(F)cc(F)c2)CC1. The quantitative estimate of drug-likeness (QED) is 0.769. The average Bonchev–Trinajstić information content (AvgIpc) is 2.37. The van der Waals surface area contributed by atoms with E-state index >= 15 is 0 Å². The Labute approximate surface area is 109 Å². The van der Waals surface area contributed by atoms with Gasteiger partial charge in [-0.1, -0.05) is 0 Å². The molecule has 0 unspecified atom stereocenters. The van der Waals surface area contributed by atoms with Crippen LogP contribution in [0.3, 0.4) is 0 Å². The molecule has 0 aromatic heterocycles. The molecule has 1 saturated heterocycles. The van der Waals surface area contributed by atoms with E-state index in [1.807, 2.05) is 0 Å². The number of benzene rings is 1. The van der Waals surface area contributed by atoms with Gasteiger partial charge in [-0.25, -0.2) is 8.78 Å². The largest absolute Gasteiger partial charge is 0.339 e. The van der Waals surface area contributed by atoms with Gasteiger partial charge in [0.1, 0.15) is 11.6 Å². The van der Waals surface area contributed by atoms with Crippen molar-refractivity contribution in [3.8, 4) is 0 Å². The van der Waals surface area contributed by atoms with Crippen molar-refractivity contribution in [1.29, 1.82) is 0 Å². The predicted molar refractivity (Wildman–Crippen MR) is 64.5 cm³/mol. The van der Waals surface area contributed by atoms with Crippen LogP contribution in [0.25, 0.3) is 0 Å². The molecule has 0 spiro atoms. The summed E-state index contributed by atoms with van der Waals surface area (Å²) in [7, 11) is 0. The lowest BCUT2D eigenvalue weighted by atomic mass is 10.1. The summed E-state index contributed by atoms with van der Waals surface area (Å²) in [4.78, 5) is 26.4. The van der Waals surface area contributed by atoms with Crippen LogP contribution in [0.4, 0.5) is 8.78 Å². The molecule has 4 nitrogen and oxygen atoms in total. The van der Waals surface area contributed by atoms with E-state index < -0.39 is 17.5 Å². The minimum absolute atomic E-state index is 0.00576. The Morgan fingerprint density at radius 1 is 0.947 bits per heavy atom. The highest BCUT2D eigenvalue weighted by Gasteiger charge is 2.23. The molecule has 1 fully saturated rings. The Morgan fingerprint density at radius 3 is 1.89 bits per heavy atom. The average molecular weight is 268 g/mol. The molecular formula is C13H14F2N2O2. The Balaban J connectivity index is 2.07. The van der Waals surface area contributed by atoms with E-state index in [1.54, 1.807) is 4.90 Å². The van der Waals surface area contributed by atoms with Crippen molar-refractivity contribution < 1.29 is 18.4 Å². The molecule has 2 amide bonds. The summed E-state index contributed by atoms with van der Waals surface area (Å²) < 4.78 is 26.1. The number of amides is 2. The van der Waals surface area contributed by atoms with E-state index in [0.717, 1.165) is 18.2 Å². The molecule has 0 aliphatic carbocycles. The number of carbonyl (C=O) groups excluding carboxylic acids is 2. The second-order valence-corrected chi connectivity index (χ2v) is 4.46. The topological polar surface area (TPSA) is 40.6 Å². The van der Waals surface area contributed by atoms with Gasteiger partial charge >= 0.3 is 0 Å². The van der Waals surface area contributed by atoms with Gasteiger partial charge in [0, 0.05) is 44.7 Å². The van der Waals surface area contributed by atoms with Crippen molar-refractivity contribution in [1.82, 2.24) is 9.80 Å². The molecule has 1 aliphatic heterocycles. The smallest absolute Gasteiger partial charge is 0.254 e. The highest BCUT2D eigenvalue weighted by molar-refractivity contribution is 5.94. The van der Waals surface area contributed by atoms with Crippen LogP contribution >= 0.6 is 0 Å². The van der Waals surface area contributed by atoms with Crippen molar-refractivity contribution in [2.75, 3.05) is 26.2 Å². The van der Waals surface area contributed by atoms with Gasteiger partial charge in [-0.2, -0.15) is 0 Å². The van der Waals surface area contributed by atoms with Gasteiger partial charge in [-0.15, -0.1) is 0 Å². The summed E-state index contributed by atoms with van der Waals surface area (Å²) in [5, 5.41) is 0. The summed E-state index contributed by atoms with van der Waals surface area (Å²) >= 11 is 0. The first-order valence-corrected chi connectivity index (χ1v) is 5.98. The Bertz CT molecular complexity index is 491. The molecular weight excluding hydrogens is 254 g/mol. The van der Waals surface area contributed by atoms with Gasteiger partial charge in [0.05, 0.1) is 0 Å². The molecule has 2 rings (SSSR count). The highest BCUT2D eigenvalue weighted by Crippen LogP contribution is 2.12. The maximum absolute atomic E-state index is 13.1. The van der Waals surface area contributed by atoms with Crippen LogP contribution in [0.1, 0.15) is 17.3 Å². The normalized spacial score (nSPS) is 15.5. The summed E-state index contributed by atoms with van der Waals surface area (Å²) in [6.07, 6.45) is 0. The van der Waals surface area contributed by atoms with Gasteiger partial charge in [0.15, 0.2) is 0 Å². The number of hydrogen-bond acceptors (Lipinski definition) is 2. The first kappa shape index (κ1) is 13.5. The standard InChI is InChI=1S/C13H14F2N2O2/c1-9(18)16-2-4-17(5-3-16)13(19)10-6-11(14)8-12(15)7-10/h6-8H,2-5H2,1H3. The zero-order valence-corrected chi connectivity index (χ0v) is 10.5. The van der Waals surface area contributed by atoms with Crippen LogP contribution in [0, 0.1) is 11.6 Å². The van der Waals surface area contributed by atoms with Gasteiger partial charge < -0.3 is 9.80 Å². The van der Waals surface area contributed by atoms with E-state index in [4.69, 9.17) is 0 Å². The predicted octanol–water partition coefficient (Wildman–Crippen LogP) is 1.27. The molecule has 0 atom stereocenters. The molecule has 0 N–H and O–H groups in total. The van der Waals surface area contributed by atoms with Crippen molar-refractivity contribution in [3.63, 3.8) is 0 Å². The third-order valence-electron chi connectivity index (χ3n) is 3.12. The summed E-state index contributed by atoms with van der Waals surface area (Å²) in [5.41, 5.74) is -0.00576. The van der Waals surface area contributed by atoms with Crippen molar-refractivity contribution in [2.45, 2.75) is 6.92 Å². The van der Waals surface area contributed by atoms with E-state index in [1.165, 1.54) is 11.8 Å². The van der Waals surface area contributed by atoms with Crippen molar-refractivity contribution in [3.05, 3.63) is 35.4 Å². The van der Waals surface area contributed by atoms with Crippen molar-refractivity contribution in [2.24, 2.45) is 0 Å². The van der Waals surface area contributed by atoms with Crippen LogP contribution in [0.5, 0.6) is 0 Å². The first-order chi connectivity index (χ1) is 8.97. The number of carbonyl (C=O) groups is 2. The Kier molecular flexibility index (Phi) is 3.78. The summed E-state index contributed by atoms with van der Waals surface area (Å²) in [6.45, 7) is 3.10. The van der Waals surface area contributed by atoms with Gasteiger partial charge in [0.25, 0.3) is 5.91 Å². The molecule has 19 heavy (non-hydrogen) atoms. The molecule has 102 valence electrons. The van der Waals surface area contributed by atoms with Crippen LogP contribution in [-0.4, -0.2) is 47.8 Å². The molecule has 1 aliphatic rings. The van der Waals surface area contributed by atoms with Crippen LogP contribution in [0.2, 0.25) is 0 Å². The second kappa shape index (κ2) is 5.34. The zero-order chi connectivity index (χ0) is 14.0. The summed E-state index contributed by atoms with van der Waals surface area (Å²) in [6, 6.07) is 2.76. The molecule has 1 aromatic carbocycles. The minimum atomic E-state index is -0.772. The third-order valence-corrected chi connectivity index (χ3v) is 3.12. The maximum Gasteiger partial charge on any atom is 0.254 e. The lowest BCUT2D eigenvalue weighted by Gasteiger charge is -2.34. The monoisotopic (exact) mass is 268 g/mol. The highest BCUT2D eigenvalue weighted by atomic mass is 19.1. The molecule has 0 bridgehead atoms.